The van der Waals surface area contributed by atoms with Crippen LogP contribution < -0.4 is 4.90 Å². The van der Waals surface area contributed by atoms with E-state index in [4.69, 9.17) is 4.74 Å². The first-order valence-electron chi connectivity index (χ1n) is 7.16. The minimum absolute atomic E-state index is 0.0143. The molecule has 1 aromatic carbocycles. The van der Waals surface area contributed by atoms with Gasteiger partial charge < -0.3 is 9.84 Å². The van der Waals surface area contributed by atoms with Gasteiger partial charge in [-0.25, -0.2) is 19.5 Å². The van der Waals surface area contributed by atoms with Gasteiger partial charge in [0.15, 0.2) is 5.82 Å². The fourth-order valence-corrected chi connectivity index (χ4v) is 2.31. The van der Waals surface area contributed by atoms with Crippen molar-refractivity contribution in [2.24, 2.45) is 0 Å². The third-order valence-electron chi connectivity index (χ3n) is 2.89. The first-order valence-corrected chi connectivity index (χ1v) is 8.24. The van der Waals surface area contributed by atoms with Gasteiger partial charge >= 0.3 is 12.1 Å². The second kappa shape index (κ2) is 7.16. The van der Waals surface area contributed by atoms with E-state index in [2.05, 4.69) is 27.6 Å². The number of hydrogen-bond donors (Lipinski definition) is 1. The van der Waals surface area contributed by atoms with Crippen molar-refractivity contribution in [1.29, 1.82) is 0 Å². The quantitative estimate of drug-likeness (QED) is 0.714. The summed E-state index contributed by atoms with van der Waals surface area (Å²) in [4.78, 5) is 29.5. The molecule has 1 aromatic heterocycles. The molecule has 0 fully saturated rings. The molecular weight excluding hydrogens is 423 g/mol. The maximum absolute atomic E-state index is 12.7. The van der Waals surface area contributed by atoms with Crippen molar-refractivity contribution in [3.8, 4) is 0 Å². The maximum Gasteiger partial charge on any atom is 0.420 e. The molecule has 0 aliphatic carbocycles. The molecule has 0 aliphatic heterocycles. The molecule has 24 heavy (non-hydrogen) atoms. The predicted octanol–water partition coefficient (Wildman–Crippen LogP) is 4.46. The van der Waals surface area contributed by atoms with E-state index < -0.39 is 17.7 Å². The molecule has 0 bridgehead atoms. The highest BCUT2D eigenvalue weighted by atomic mass is 127. The van der Waals surface area contributed by atoms with E-state index in [1.165, 1.54) is 23.2 Å². The van der Waals surface area contributed by atoms with Gasteiger partial charge in [-0.3, -0.25) is 0 Å². The minimum Gasteiger partial charge on any atom is -0.478 e. The summed E-state index contributed by atoms with van der Waals surface area (Å²) < 4.78 is 6.41. The average Bonchev–Trinajstić information content (AvgIpc) is 2.48. The number of halogens is 1. The van der Waals surface area contributed by atoms with Crippen LogP contribution in [0.15, 0.2) is 42.6 Å². The molecule has 1 heterocycles. The number of carbonyl (C=O) groups excluding carboxylic acids is 1. The number of amides is 1. The molecule has 1 N–H and O–H groups in total. The fraction of sp³-hybridized carbons (Fsp3) is 0.235. The maximum atomic E-state index is 12.7. The van der Waals surface area contributed by atoms with Gasteiger partial charge in [0.2, 0.25) is 0 Å². The zero-order chi connectivity index (χ0) is 17.9. The summed E-state index contributed by atoms with van der Waals surface area (Å²) in [6, 6.07) is 9.97. The molecular formula is C17H17IN2O4. The van der Waals surface area contributed by atoms with Gasteiger partial charge in [-0.2, -0.15) is 0 Å². The van der Waals surface area contributed by atoms with Gasteiger partial charge in [0.25, 0.3) is 0 Å². The van der Waals surface area contributed by atoms with E-state index in [0.29, 0.717) is 5.69 Å². The SMILES string of the molecule is CC(C)(C)OC(=O)N(c1ccc(I)cc1)c1ncccc1C(=O)O. The molecule has 6 nitrogen and oxygen atoms in total. The Hall–Kier alpha value is -2.16. The number of benzene rings is 1. The Kier molecular flexibility index (Phi) is 5.43. The number of nitrogens with zero attached hydrogens (tertiary/aromatic N) is 2. The van der Waals surface area contributed by atoms with Gasteiger partial charge in [0.1, 0.15) is 11.2 Å². The molecule has 2 aromatic rings. The summed E-state index contributed by atoms with van der Waals surface area (Å²) in [5, 5.41) is 9.40. The van der Waals surface area contributed by atoms with Crippen molar-refractivity contribution < 1.29 is 19.4 Å². The molecule has 0 saturated heterocycles. The lowest BCUT2D eigenvalue weighted by Gasteiger charge is -2.27. The highest BCUT2D eigenvalue weighted by molar-refractivity contribution is 14.1. The van der Waals surface area contributed by atoms with Crippen LogP contribution in [0.4, 0.5) is 16.3 Å². The van der Waals surface area contributed by atoms with Gasteiger partial charge in [0.05, 0.1) is 5.69 Å². The number of anilines is 2. The van der Waals surface area contributed by atoms with E-state index in [1.54, 1.807) is 32.9 Å². The van der Waals surface area contributed by atoms with Crippen LogP contribution in [0.25, 0.3) is 0 Å². The van der Waals surface area contributed by atoms with Crippen LogP contribution in [0.2, 0.25) is 0 Å². The zero-order valence-electron chi connectivity index (χ0n) is 13.5. The highest BCUT2D eigenvalue weighted by Gasteiger charge is 2.29. The largest absolute Gasteiger partial charge is 0.478 e. The predicted molar refractivity (Wildman–Crippen MR) is 98.7 cm³/mol. The van der Waals surface area contributed by atoms with Crippen molar-refractivity contribution in [2.75, 3.05) is 4.90 Å². The van der Waals surface area contributed by atoms with E-state index in [0.717, 1.165) is 3.57 Å². The third kappa shape index (κ3) is 4.44. The van der Waals surface area contributed by atoms with Crippen LogP contribution >= 0.6 is 22.6 Å². The average molecular weight is 440 g/mol. The second-order valence-electron chi connectivity index (χ2n) is 5.97. The molecule has 0 unspecified atom stereocenters. The molecule has 0 radical (unpaired) electrons. The van der Waals surface area contributed by atoms with Crippen LogP contribution in [0.5, 0.6) is 0 Å². The Balaban J connectivity index is 2.57. The smallest absolute Gasteiger partial charge is 0.420 e. The van der Waals surface area contributed by atoms with Crippen LogP contribution in [-0.2, 0) is 4.74 Å². The van der Waals surface area contributed by atoms with Crippen molar-refractivity contribution in [1.82, 2.24) is 4.98 Å². The number of rotatable bonds is 3. The lowest BCUT2D eigenvalue weighted by molar-refractivity contribution is 0.0598. The molecule has 0 saturated carbocycles. The minimum atomic E-state index is -1.17. The molecule has 7 heteroatoms. The Bertz CT molecular complexity index is 754. The molecule has 1 amide bonds. The van der Waals surface area contributed by atoms with E-state index in [-0.39, 0.29) is 11.4 Å². The summed E-state index contributed by atoms with van der Waals surface area (Å²) >= 11 is 2.15. The lowest BCUT2D eigenvalue weighted by atomic mass is 10.2. The van der Waals surface area contributed by atoms with Gasteiger partial charge in [-0.05, 0) is 79.8 Å². The van der Waals surface area contributed by atoms with Crippen molar-refractivity contribution in [3.05, 3.63) is 51.7 Å². The van der Waals surface area contributed by atoms with E-state index in [1.807, 2.05) is 12.1 Å². The van der Waals surface area contributed by atoms with Crippen LogP contribution in [0.3, 0.4) is 0 Å². The first kappa shape index (κ1) is 18.2. The Morgan fingerprint density at radius 3 is 2.33 bits per heavy atom. The van der Waals surface area contributed by atoms with Crippen molar-refractivity contribution >= 4 is 46.2 Å². The Morgan fingerprint density at radius 2 is 1.79 bits per heavy atom. The number of aromatic carboxylic acids is 1. The van der Waals surface area contributed by atoms with Gasteiger partial charge in [-0.15, -0.1) is 0 Å². The Labute approximate surface area is 153 Å². The number of carboxylic acids is 1. The molecule has 2 rings (SSSR count). The highest BCUT2D eigenvalue weighted by Crippen LogP contribution is 2.29. The van der Waals surface area contributed by atoms with Gasteiger partial charge in [-0.1, -0.05) is 0 Å². The lowest BCUT2D eigenvalue weighted by Crippen LogP contribution is -2.35. The summed E-state index contributed by atoms with van der Waals surface area (Å²) in [5.41, 5.74) is -0.329. The molecule has 0 spiro atoms. The van der Waals surface area contributed by atoms with Crippen molar-refractivity contribution in [2.45, 2.75) is 26.4 Å². The molecule has 126 valence electrons. The first-order chi connectivity index (χ1) is 11.2. The van der Waals surface area contributed by atoms with Gasteiger partial charge in [0, 0.05) is 9.77 Å². The number of pyridine rings is 1. The number of hydrogen-bond acceptors (Lipinski definition) is 4. The molecule has 0 aliphatic rings. The number of carboxylic acid groups (broad SMARTS) is 1. The number of ether oxygens (including phenoxy) is 1. The summed E-state index contributed by atoms with van der Waals surface area (Å²) in [6.45, 7) is 5.23. The Morgan fingerprint density at radius 1 is 1.17 bits per heavy atom. The summed E-state index contributed by atoms with van der Waals surface area (Å²) in [5.74, 6) is -1.15. The third-order valence-corrected chi connectivity index (χ3v) is 3.61. The fourth-order valence-electron chi connectivity index (χ4n) is 1.95. The number of carbonyl (C=O) groups is 2. The van der Waals surface area contributed by atoms with E-state index >= 15 is 0 Å². The summed E-state index contributed by atoms with van der Waals surface area (Å²) in [6.07, 6.45) is 0.746. The zero-order valence-corrected chi connectivity index (χ0v) is 15.6. The standard InChI is InChI=1S/C17H17IN2O4/c1-17(2,3)24-16(23)20(12-8-6-11(18)7-9-12)14-13(15(21)22)5-4-10-19-14/h4-10H,1-3H3,(H,21,22). The van der Waals surface area contributed by atoms with E-state index in [9.17, 15) is 14.7 Å². The van der Waals surface area contributed by atoms with Crippen LogP contribution in [0, 0.1) is 3.57 Å². The normalized spacial score (nSPS) is 11.0. The van der Waals surface area contributed by atoms with Crippen molar-refractivity contribution in [3.63, 3.8) is 0 Å². The second-order valence-corrected chi connectivity index (χ2v) is 7.22. The monoisotopic (exact) mass is 440 g/mol. The topological polar surface area (TPSA) is 79.7 Å². The van der Waals surface area contributed by atoms with Crippen LogP contribution in [-0.4, -0.2) is 27.8 Å². The molecule has 0 atom stereocenters. The summed E-state index contributed by atoms with van der Waals surface area (Å²) in [7, 11) is 0. The number of aromatic nitrogens is 1. The van der Waals surface area contributed by atoms with Crippen LogP contribution in [0.1, 0.15) is 31.1 Å².